The van der Waals surface area contributed by atoms with Crippen LogP contribution in [0.4, 0.5) is 0 Å². The van der Waals surface area contributed by atoms with E-state index in [4.69, 9.17) is 4.74 Å². The summed E-state index contributed by atoms with van der Waals surface area (Å²) in [7, 11) is 0. The van der Waals surface area contributed by atoms with E-state index in [-0.39, 0.29) is 18.5 Å². The summed E-state index contributed by atoms with van der Waals surface area (Å²) in [6.07, 6.45) is 60.0. The van der Waals surface area contributed by atoms with Crippen LogP contribution in [-0.4, -0.2) is 47.4 Å². The van der Waals surface area contributed by atoms with Crippen LogP contribution in [-0.2, 0) is 14.3 Å². The number of rotatable bonds is 48. The van der Waals surface area contributed by atoms with Crippen LogP contribution in [0.15, 0.2) is 36.5 Å². The lowest BCUT2D eigenvalue weighted by Gasteiger charge is -2.20. The number of ether oxygens (including phenoxy) is 1. The number of hydrogen-bond donors (Lipinski definition) is 3. The normalized spacial score (nSPS) is 12.9. The predicted octanol–water partition coefficient (Wildman–Crippen LogP) is 15.7. The number of amides is 1. The number of carbonyl (C=O) groups is 2. The molecule has 0 aromatic heterocycles. The van der Waals surface area contributed by atoms with Gasteiger partial charge in [-0.15, -0.1) is 0 Å². The minimum atomic E-state index is -0.858. The van der Waals surface area contributed by atoms with Crippen molar-refractivity contribution in [2.75, 3.05) is 13.2 Å². The summed E-state index contributed by atoms with van der Waals surface area (Å²) in [5.74, 6) is -0.112. The highest BCUT2D eigenvalue weighted by molar-refractivity contribution is 5.76. The molecule has 6 nitrogen and oxygen atoms in total. The molecule has 6 heteroatoms. The Morgan fingerprint density at radius 3 is 1.23 bits per heavy atom. The molecular formula is C54H101NO5. The molecule has 0 aliphatic rings. The van der Waals surface area contributed by atoms with Crippen LogP contribution >= 0.6 is 0 Å². The van der Waals surface area contributed by atoms with Crippen LogP contribution in [0.2, 0.25) is 0 Å². The largest absolute Gasteiger partial charge is 0.466 e. The molecule has 1 amide bonds. The maximum atomic E-state index is 12.4. The Balaban J connectivity index is 3.55. The van der Waals surface area contributed by atoms with Crippen LogP contribution in [0.3, 0.4) is 0 Å². The van der Waals surface area contributed by atoms with E-state index < -0.39 is 12.1 Å². The molecule has 0 radical (unpaired) electrons. The molecule has 0 aliphatic heterocycles. The summed E-state index contributed by atoms with van der Waals surface area (Å²) < 4.78 is 5.44. The monoisotopic (exact) mass is 844 g/mol. The van der Waals surface area contributed by atoms with Gasteiger partial charge in [0.25, 0.3) is 0 Å². The third kappa shape index (κ3) is 45.6. The van der Waals surface area contributed by atoms with Crippen LogP contribution < -0.4 is 5.32 Å². The van der Waals surface area contributed by atoms with Crippen molar-refractivity contribution < 1.29 is 24.5 Å². The predicted molar refractivity (Wildman–Crippen MR) is 259 cm³/mol. The van der Waals surface area contributed by atoms with Gasteiger partial charge in [0, 0.05) is 12.8 Å². The van der Waals surface area contributed by atoms with Crippen molar-refractivity contribution in [3.63, 3.8) is 0 Å². The van der Waals surface area contributed by atoms with Crippen LogP contribution in [0, 0.1) is 0 Å². The van der Waals surface area contributed by atoms with Gasteiger partial charge in [0.15, 0.2) is 0 Å². The quantitative estimate of drug-likeness (QED) is 0.0245. The first-order valence-corrected chi connectivity index (χ1v) is 26.3. The molecule has 3 N–H and O–H groups in total. The molecule has 0 heterocycles. The maximum absolute atomic E-state index is 12.4. The molecule has 0 rings (SSSR count). The Labute approximate surface area is 373 Å². The smallest absolute Gasteiger partial charge is 0.305 e. The standard InChI is InChI=1S/C54H101NO5/c1-3-5-7-9-11-13-15-17-22-26-30-34-38-42-46-52(57)51(50-56)55-53(58)47-43-39-35-31-27-23-20-19-21-25-29-33-37-41-45-49-60-54(59)48-44-40-36-32-28-24-18-16-14-12-10-8-6-4-2/h19,21,25,29,42,46,51-52,56-57H,3-18,20,22-24,26-28,30-41,43-45,47-50H2,1-2H3,(H,55,58)/b21-19-,29-25-,46-42+. The number of aliphatic hydroxyl groups excluding tert-OH is 2. The van der Waals surface area contributed by atoms with Crippen molar-refractivity contribution >= 4 is 11.9 Å². The lowest BCUT2D eigenvalue weighted by molar-refractivity contribution is -0.143. The van der Waals surface area contributed by atoms with Crippen molar-refractivity contribution in [1.29, 1.82) is 0 Å². The molecule has 2 atom stereocenters. The molecule has 0 aromatic carbocycles. The molecule has 0 fully saturated rings. The molecule has 0 spiro atoms. The zero-order valence-corrected chi connectivity index (χ0v) is 39.9. The zero-order valence-electron chi connectivity index (χ0n) is 39.9. The highest BCUT2D eigenvalue weighted by Crippen LogP contribution is 2.15. The maximum Gasteiger partial charge on any atom is 0.305 e. The Morgan fingerprint density at radius 2 is 0.817 bits per heavy atom. The second kappa shape index (κ2) is 49.7. The van der Waals surface area contributed by atoms with Gasteiger partial charge in [0.05, 0.1) is 25.4 Å². The Kier molecular flexibility index (Phi) is 48.1. The van der Waals surface area contributed by atoms with Gasteiger partial charge in [-0.05, 0) is 64.2 Å². The fourth-order valence-corrected chi connectivity index (χ4v) is 7.86. The summed E-state index contributed by atoms with van der Waals surface area (Å²) in [6, 6.07) is -0.644. The van der Waals surface area contributed by atoms with Crippen LogP contribution in [0.5, 0.6) is 0 Å². The van der Waals surface area contributed by atoms with Gasteiger partial charge in [-0.25, -0.2) is 0 Å². The highest BCUT2D eigenvalue weighted by Gasteiger charge is 2.18. The molecule has 2 unspecified atom stereocenters. The van der Waals surface area contributed by atoms with Gasteiger partial charge in [-0.2, -0.15) is 0 Å². The van der Waals surface area contributed by atoms with Crippen molar-refractivity contribution in [2.24, 2.45) is 0 Å². The Hall–Kier alpha value is -1.92. The van der Waals surface area contributed by atoms with E-state index in [1.165, 1.54) is 167 Å². The third-order valence-electron chi connectivity index (χ3n) is 11.9. The Bertz CT molecular complexity index is 977. The molecule has 0 aromatic rings. The third-order valence-corrected chi connectivity index (χ3v) is 11.9. The summed E-state index contributed by atoms with van der Waals surface area (Å²) in [5, 5.41) is 23.0. The van der Waals surface area contributed by atoms with Crippen molar-refractivity contribution in [3.8, 4) is 0 Å². The number of esters is 1. The number of nitrogens with one attached hydrogen (secondary N) is 1. The van der Waals surface area contributed by atoms with E-state index in [1.807, 2.05) is 6.08 Å². The molecule has 0 saturated carbocycles. The van der Waals surface area contributed by atoms with Crippen molar-refractivity contribution in [3.05, 3.63) is 36.5 Å². The van der Waals surface area contributed by atoms with E-state index >= 15 is 0 Å². The molecule has 0 saturated heterocycles. The van der Waals surface area contributed by atoms with Gasteiger partial charge in [0.1, 0.15) is 0 Å². The molecule has 0 aliphatic carbocycles. The topological polar surface area (TPSA) is 95.9 Å². The lowest BCUT2D eigenvalue weighted by atomic mass is 10.0. The van der Waals surface area contributed by atoms with Gasteiger partial charge in [0.2, 0.25) is 5.91 Å². The summed E-state index contributed by atoms with van der Waals surface area (Å²) >= 11 is 0. The van der Waals surface area contributed by atoms with Gasteiger partial charge < -0.3 is 20.3 Å². The summed E-state index contributed by atoms with van der Waals surface area (Å²) in [5.41, 5.74) is 0. The fourth-order valence-electron chi connectivity index (χ4n) is 7.86. The SMILES string of the molecule is CCCCCCCCCCCCCC/C=C/C(O)C(CO)NC(=O)CCCCCCCC/C=C\C=C/CCCCCOC(=O)CCCCCCCCCCCCCCCC. The van der Waals surface area contributed by atoms with Gasteiger partial charge in [-0.1, -0.05) is 230 Å². The highest BCUT2D eigenvalue weighted by atomic mass is 16.5. The number of carbonyl (C=O) groups excluding carboxylic acids is 2. The zero-order chi connectivity index (χ0) is 43.7. The second-order valence-electron chi connectivity index (χ2n) is 17.9. The fraction of sp³-hybridized carbons (Fsp3) is 0.852. The molecule has 60 heavy (non-hydrogen) atoms. The second-order valence-corrected chi connectivity index (χ2v) is 17.9. The molecule has 0 bridgehead atoms. The van der Waals surface area contributed by atoms with Crippen LogP contribution in [0.1, 0.15) is 271 Å². The minimum Gasteiger partial charge on any atom is -0.466 e. The average Bonchev–Trinajstić information content (AvgIpc) is 3.25. The summed E-state index contributed by atoms with van der Waals surface area (Å²) in [4.78, 5) is 24.4. The van der Waals surface area contributed by atoms with Crippen LogP contribution in [0.25, 0.3) is 0 Å². The first-order valence-electron chi connectivity index (χ1n) is 26.3. The van der Waals surface area contributed by atoms with E-state index in [0.29, 0.717) is 19.4 Å². The molecular weight excluding hydrogens is 743 g/mol. The number of unbranched alkanes of at least 4 members (excludes halogenated alkanes) is 34. The van der Waals surface area contributed by atoms with E-state index in [9.17, 15) is 19.8 Å². The van der Waals surface area contributed by atoms with E-state index in [0.717, 1.165) is 77.0 Å². The summed E-state index contributed by atoms with van der Waals surface area (Å²) in [6.45, 7) is 4.84. The average molecular weight is 844 g/mol. The van der Waals surface area contributed by atoms with Crippen molar-refractivity contribution in [1.82, 2.24) is 5.32 Å². The first-order chi connectivity index (χ1) is 29.5. The van der Waals surface area contributed by atoms with Crippen molar-refractivity contribution in [2.45, 2.75) is 283 Å². The molecule has 352 valence electrons. The number of allylic oxidation sites excluding steroid dienone is 5. The van der Waals surface area contributed by atoms with E-state index in [1.54, 1.807) is 6.08 Å². The van der Waals surface area contributed by atoms with Gasteiger partial charge >= 0.3 is 5.97 Å². The lowest BCUT2D eigenvalue weighted by Crippen LogP contribution is -2.45. The number of aliphatic hydroxyl groups is 2. The Morgan fingerprint density at radius 1 is 0.467 bits per heavy atom. The number of hydrogen-bond acceptors (Lipinski definition) is 5. The minimum absolute atomic E-state index is 0.0211. The first kappa shape index (κ1) is 58.1. The van der Waals surface area contributed by atoms with Gasteiger partial charge in [-0.3, -0.25) is 9.59 Å². The van der Waals surface area contributed by atoms with E-state index in [2.05, 4.69) is 43.5 Å².